The molecule has 39 heavy (non-hydrogen) atoms. The lowest BCUT2D eigenvalue weighted by Gasteiger charge is -2.29. The molecule has 0 radical (unpaired) electrons. The second-order valence-corrected chi connectivity index (χ2v) is 9.36. The van der Waals surface area contributed by atoms with Crippen molar-refractivity contribution in [3.8, 4) is 11.4 Å². The lowest BCUT2D eigenvalue weighted by atomic mass is 10.0. The highest BCUT2D eigenvalue weighted by Gasteiger charge is 2.41. The van der Waals surface area contributed by atoms with Crippen LogP contribution >= 0.6 is 12.2 Å². The number of carboxylic acids is 1. The van der Waals surface area contributed by atoms with E-state index in [-0.39, 0.29) is 30.0 Å². The highest BCUT2D eigenvalue weighted by Crippen LogP contribution is 2.39. The number of para-hydroxylation sites is 2. The second kappa shape index (κ2) is 11.4. The van der Waals surface area contributed by atoms with Crippen molar-refractivity contribution in [2.75, 3.05) is 19.0 Å². The van der Waals surface area contributed by atoms with Gasteiger partial charge in [0, 0.05) is 36.7 Å². The molecule has 0 bridgehead atoms. The van der Waals surface area contributed by atoms with Crippen LogP contribution in [0, 0.1) is 0 Å². The number of ether oxygens (including phenoxy) is 1. The van der Waals surface area contributed by atoms with Crippen LogP contribution in [0.5, 0.6) is 5.75 Å². The molecule has 3 N–H and O–H groups in total. The number of aromatic nitrogens is 2. The molecule has 3 heterocycles. The molecule has 0 saturated carbocycles. The molecule has 4 aromatic rings. The average Bonchev–Trinajstić information content (AvgIpc) is 3.57. The second-order valence-electron chi connectivity index (χ2n) is 8.98. The van der Waals surface area contributed by atoms with Gasteiger partial charge in [-0.05, 0) is 66.8 Å². The van der Waals surface area contributed by atoms with Crippen LogP contribution in [0.4, 0.5) is 5.69 Å². The lowest BCUT2D eigenvalue weighted by molar-refractivity contribution is -0.116. The van der Waals surface area contributed by atoms with Crippen LogP contribution < -0.4 is 15.4 Å². The third-order valence-electron chi connectivity index (χ3n) is 6.61. The van der Waals surface area contributed by atoms with Crippen molar-refractivity contribution < 1.29 is 19.4 Å². The third kappa shape index (κ3) is 5.46. The van der Waals surface area contributed by atoms with Gasteiger partial charge in [-0.2, -0.15) is 0 Å². The Kier molecular flexibility index (Phi) is 7.55. The number of amides is 1. The molecular weight excluding hydrogens is 514 g/mol. The van der Waals surface area contributed by atoms with E-state index in [1.807, 2.05) is 64.2 Å². The Hall–Kier alpha value is -4.70. The van der Waals surface area contributed by atoms with E-state index in [2.05, 4.69) is 15.6 Å². The fraction of sp³-hybridized carbons (Fsp3) is 0.172. The first-order valence-electron chi connectivity index (χ1n) is 12.4. The molecule has 1 aliphatic rings. The molecule has 2 atom stereocenters. The molecular formula is C29H27N5O4S. The third-order valence-corrected chi connectivity index (χ3v) is 6.97. The summed E-state index contributed by atoms with van der Waals surface area (Å²) in [7, 11) is 1.56. The van der Waals surface area contributed by atoms with Crippen molar-refractivity contribution in [2.24, 2.45) is 0 Å². The minimum Gasteiger partial charge on any atom is -0.495 e. The largest absolute Gasteiger partial charge is 0.495 e. The number of carbonyl (C=O) groups is 2. The van der Waals surface area contributed by atoms with Crippen molar-refractivity contribution >= 4 is 34.9 Å². The summed E-state index contributed by atoms with van der Waals surface area (Å²) < 4.78 is 7.30. The Balaban J connectivity index is 1.46. The van der Waals surface area contributed by atoms with Gasteiger partial charge < -0.3 is 29.9 Å². The molecule has 0 aliphatic carbocycles. The van der Waals surface area contributed by atoms with E-state index in [0.29, 0.717) is 28.8 Å². The highest BCUT2D eigenvalue weighted by molar-refractivity contribution is 7.80. The fourth-order valence-electron chi connectivity index (χ4n) is 4.81. The number of carboxylic acid groups (broad SMARTS) is 1. The molecule has 5 rings (SSSR count). The smallest absolute Gasteiger partial charge is 0.335 e. The van der Waals surface area contributed by atoms with Gasteiger partial charge in [0.2, 0.25) is 5.91 Å². The number of hydrogen-bond acceptors (Lipinski definition) is 5. The average molecular weight is 542 g/mol. The van der Waals surface area contributed by atoms with Gasteiger partial charge in [-0.25, -0.2) is 4.79 Å². The summed E-state index contributed by atoms with van der Waals surface area (Å²) in [6.45, 7) is 0.348. The summed E-state index contributed by atoms with van der Waals surface area (Å²) in [5.74, 6) is -0.589. The molecule has 1 aliphatic heterocycles. The number of nitrogens with zero attached hydrogens (tertiary/aromatic N) is 3. The number of carbonyl (C=O) groups excluding carboxylic acids is 1. The molecule has 10 heteroatoms. The lowest BCUT2D eigenvalue weighted by Crippen LogP contribution is -2.33. The van der Waals surface area contributed by atoms with Crippen molar-refractivity contribution in [3.63, 3.8) is 0 Å². The zero-order valence-corrected chi connectivity index (χ0v) is 22.0. The summed E-state index contributed by atoms with van der Waals surface area (Å²) in [5, 5.41) is 16.3. The summed E-state index contributed by atoms with van der Waals surface area (Å²) >= 11 is 5.75. The van der Waals surface area contributed by atoms with Crippen molar-refractivity contribution in [1.29, 1.82) is 0 Å². The molecule has 2 aromatic carbocycles. The van der Waals surface area contributed by atoms with Crippen LogP contribution in [0.15, 0.2) is 91.3 Å². The van der Waals surface area contributed by atoms with Crippen molar-refractivity contribution in [3.05, 3.63) is 108 Å². The highest BCUT2D eigenvalue weighted by atomic mass is 32.1. The minimum absolute atomic E-state index is 0.174. The van der Waals surface area contributed by atoms with E-state index in [9.17, 15) is 14.7 Å². The molecule has 198 valence electrons. The number of thiocarbonyl (C=S) groups is 1. The monoisotopic (exact) mass is 541 g/mol. The Morgan fingerprint density at radius 3 is 2.67 bits per heavy atom. The van der Waals surface area contributed by atoms with Gasteiger partial charge in [0.15, 0.2) is 5.11 Å². The normalized spacial score (nSPS) is 16.5. The van der Waals surface area contributed by atoms with Crippen LogP contribution in [0.2, 0.25) is 0 Å². The Morgan fingerprint density at radius 1 is 1.08 bits per heavy atom. The van der Waals surface area contributed by atoms with Gasteiger partial charge in [-0.3, -0.25) is 9.78 Å². The number of hydrogen-bond donors (Lipinski definition) is 3. The van der Waals surface area contributed by atoms with Crippen molar-refractivity contribution in [1.82, 2.24) is 19.8 Å². The number of anilines is 1. The first-order chi connectivity index (χ1) is 19.0. The number of methoxy groups -OCH3 is 1. The Labute approximate surface area is 231 Å². The van der Waals surface area contributed by atoms with Crippen LogP contribution in [-0.4, -0.2) is 50.2 Å². The van der Waals surface area contributed by atoms with Gasteiger partial charge in [-0.1, -0.05) is 24.3 Å². The van der Waals surface area contributed by atoms with Crippen LogP contribution in [-0.2, 0) is 4.79 Å². The maximum absolute atomic E-state index is 12.9. The molecule has 1 saturated heterocycles. The van der Waals surface area contributed by atoms with Gasteiger partial charge >= 0.3 is 5.97 Å². The molecule has 2 aromatic heterocycles. The fourth-order valence-corrected chi connectivity index (χ4v) is 5.14. The van der Waals surface area contributed by atoms with E-state index in [1.54, 1.807) is 43.6 Å². The molecule has 2 unspecified atom stereocenters. The van der Waals surface area contributed by atoms with Gasteiger partial charge in [0.05, 0.1) is 36.1 Å². The van der Waals surface area contributed by atoms with Gasteiger partial charge in [-0.15, -0.1) is 0 Å². The summed E-state index contributed by atoms with van der Waals surface area (Å²) in [6, 6.07) is 23.0. The SMILES string of the molecule is COc1ccccc1NC(=O)CCN1C(=S)NC(c2ccccn2)C1c1cccn1-c1cccc(C(=O)O)c1. The number of nitrogens with one attached hydrogen (secondary N) is 2. The Morgan fingerprint density at radius 2 is 1.90 bits per heavy atom. The van der Waals surface area contributed by atoms with Crippen LogP contribution in [0.25, 0.3) is 5.69 Å². The predicted octanol–water partition coefficient (Wildman–Crippen LogP) is 4.58. The predicted molar refractivity (Wildman–Crippen MR) is 151 cm³/mol. The topological polar surface area (TPSA) is 109 Å². The molecule has 9 nitrogen and oxygen atoms in total. The molecule has 1 amide bonds. The number of benzene rings is 2. The van der Waals surface area contributed by atoms with E-state index < -0.39 is 5.97 Å². The van der Waals surface area contributed by atoms with E-state index in [0.717, 1.165) is 11.4 Å². The summed E-state index contributed by atoms with van der Waals surface area (Å²) in [4.78, 5) is 31.1. The number of aromatic carboxylic acids is 1. The van der Waals surface area contributed by atoms with Crippen molar-refractivity contribution in [2.45, 2.75) is 18.5 Å². The number of pyridine rings is 1. The first kappa shape index (κ1) is 25.9. The van der Waals surface area contributed by atoms with E-state index >= 15 is 0 Å². The zero-order valence-electron chi connectivity index (χ0n) is 21.2. The van der Waals surface area contributed by atoms with Crippen LogP contribution in [0.3, 0.4) is 0 Å². The maximum Gasteiger partial charge on any atom is 0.335 e. The van der Waals surface area contributed by atoms with E-state index in [1.165, 1.54) is 0 Å². The van der Waals surface area contributed by atoms with Crippen LogP contribution in [0.1, 0.15) is 40.3 Å². The zero-order chi connectivity index (χ0) is 27.4. The number of rotatable bonds is 9. The quantitative estimate of drug-likeness (QED) is 0.264. The van der Waals surface area contributed by atoms with E-state index in [4.69, 9.17) is 17.0 Å². The standard InChI is InChI=1S/C29H27N5O4S/c1-38-24-13-3-2-10-21(24)31-25(35)14-17-34-27(26(32-29(34)39)22-11-4-5-15-30-22)23-12-7-16-33(23)20-9-6-8-19(18-20)28(36)37/h2-13,15-16,18,26-27H,14,17H2,1H3,(H,31,35)(H,32,39)(H,36,37). The maximum atomic E-state index is 12.9. The molecule has 0 spiro atoms. The van der Waals surface area contributed by atoms with Gasteiger partial charge in [0.1, 0.15) is 5.75 Å². The van der Waals surface area contributed by atoms with Gasteiger partial charge in [0.25, 0.3) is 0 Å². The molecule has 1 fully saturated rings. The first-order valence-corrected chi connectivity index (χ1v) is 12.8. The Bertz CT molecular complexity index is 1510. The summed E-state index contributed by atoms with van der Waals surface area (Å²) in [5.41, 5.74) is 3.19. The summed E-state index contributed by atoms with van der Waals surface area (Å²) in [6.07, 6.45) is 3.80. The minimum atomic E-state index is -0.997.